The maximum Gasteiger partial charge on any atom is 0.0543 e. The molecule has 0 saturated carbocycles. The second kappa shape index (κ2) is 7.84. The third kappa shape index (κ3) is 3.59. The van der Waals surface area contributed by atoms with Gasteiger partial charge in [-0.2, -0.15) is 0 Å². The number of fused-ring (bicyclic) bond motifs is 1. The lowest BCUT2D eigenvalue weighted by Gasteiger charge is -2.36. The Kier molecular flexibility index (Phi) is 4.92. The highest BCUT2D eigenvalue weighted by Gasteiger charge is 2.40. The average Bonchev–Trinajstić information content (AvgIpc) is 3.18. The van der Waals surface area contributed by atoms with Crippen LogP contribution < -0.4 is 10.9 Å². The first kappa shape index (κ1) is 17.6. The second-order valence-electron chi connectivity index (χ2n) is 7.87. The summed E-state index contributed by atoms with van der Waals surface area (Å²) in [5.74, 6) is 0.569. The summed E-state index contributed by atoms with van der Waals surface area (Å²) in [7, 11) is 0. The van der Waals surface area contributed by atoms with Crippen LogP contribution in [0.1, 0.15) is 23.7 Å². The molecule has 4 nitrogen and oxygen atoms in total. The van der Waals surface area contributed by atoms with E-state index in [9.17, 15) is 0 Å². The van der Waals surface area contributed by atoms with E-state index in [1.165, 1.54) is 23.1 Å². The fourth-order valence-corrected chi connectivity index (χ4v) is 4.58. The van der Waals surface area contributed by atoms with Crippen LogP contribution in [0.25, 0.3) is 11.1 Å². The van der Waals surface area contributed by atoms with Crippen LogP contribution in [0.5, 0.6) is 0 Å². The first-order chi connectivity index (χ1) is 13.9. The Labute approximate surface area is 166 Å². The zero-order chi connectivity index (χ0) is 18.8. The summed E-state index contributed by atoms with van der Waals surface area (Å²) in [4.78, 5) is 7.05. The third-order valence-corrected chi connectivity index (χ3v) is 6.08. The monoisotopic (exact) mass is 370 g/mol. The lowest BCUT2D eigenvalue weighted by molar-refractivity contribution is 0.147. The Morgan fingerprint density at radius 1 is 0.857 bits per heavy atom. The van der Waals surface area contributed by atoms with Crippen LogP contribution in [0.2, 0.25) is 0 Å². The average molecular weight is 371 g/mol. The van der Waals surface area contributed by atoms with Gasteiger partial charge in [0.05, 0.1) is 11.7 Å². The van der Waals surface area contributed by atoms with Crippen molar-refractivity contribution in [1.82, 2.24) is 20.7 Å². The zero-order valence-corrected chi connectivity index (χ0v) is 16.0. The topological polar surface area (TPSA) is 40.2 Å². The molecule has 28 heavy (non-hydrogen) atoms. The van der Waals surface area contributed by atoms with E-state index >= 15 is 0 Å². The number of pyridine rings is 1. The highest BCUT2D eigenvalue weighted by molar-refractivity contribution is 5.63. The van der Waals surface area contributed by atoms with E-state index < -0.39 is 0 Å². The first-order valence-electron chi connectivity index (χ1n) is 10.2. The van der Waals surface area contributed by atoms with E-state index in [-0.39, 0.29) is 0 Å². The number of likely N-dealkylation sites (tertiary alicyclic amines) is 1. The molecule has 2 N–H and O–H groups in total. The molecule has 0 radical (unpaired) electrons. The van der Waals surface area contributed by atoms with Gasteiger partial charge in [-0.25, -0.2) is 5.43 Å². The van der Waals surface area contributed by atoms with Crippen LogP contribution in [-0.4, -0.2) is 29.0 Å². The maximum absolute atomic E-state index is 4.50. The van der Waals surface area contributed by atoms with Gasteiger partial charge in [0.2, 0.25) is 0 Å². The molecule has 2 aromatic carbocycles. The van der Waals surface area contributed by atoms with Crippen molar-refractivity contribution in [2.45, 2.75) is 25.0 Å². The molecule has 5 rings (SSSR count). The predicted molar refractivity (Wildman–Crippen MR) is 112 cm³/mol. The molecule has 2 aliphatic rings. The van der Waals surface area contributed by atoms with Gasteiger partial charge in [0.15, 0.2) is 0 Å². The summed E-state index contributed by atoms with van der Waals surface area (Å²) in [5.41, 5.74) is 12.2. The highest BCUT2D eigenvalue weighted by atomic mass is 15.4. The smallest absolute Gasteiger partial charge is 0.0543 e. The SMILES string of the molecule is c1ccc(-c2ccc(C3NNC4CCN(Cc5ccccn5)CC43)cc2)cc1. The quantitative estimate of drug-likeness (QED) is 0.733. The van der Waals surface area contributed by atoms with Crippen LogP contribution in [0.15, 0.2) is 79.0 Å². The fourth-order valence-electron chi connectivity index (χ4n) is 4.58. The maximum atomic E-state index is 4.50. The number of hydrogen-bond donors (Lipinski definition) is 2. The lowest BCUT2D eigenvalue weighted by Crippen LogP contribution is -2.45. The van der Waals surface area contributed by atoms with Crippen molar-refractivity contribution in [3.8, 4) is 11.1 Å². The van der Waals surface area contributed by atoms with Crippen LogP contribution >= 0.6 is 0 Å². The molecule has 142 valence electrons. The van der Waals surface area contributed by atoms with Gasteiger partial charge in [-0.15, -0.1) is 0 Å². The number of nitrogens with zero attached hydrogens (tertiary/aromatic N) is 2. The molecule has 2 fully saturated rings. The molecule has 0 aliphatic carbocycles. The largest absolute Gasteiger partial charge is 0.297 e. The number of hydrazine groups is 1. The van der Waals surface area contributed by atoms with E-state index in [0.717, 1.165) is 25.3 Å². The van der Waals surface area contributed by atoms with Crippen LogP contribution in [0, 0.1) is 5.92 Å². The van der Waals surface area contributed by atoms with Gasteiger partial charge < -0.3 is 0 Å². The van der Waals surface area contributed by atoms with Gasteiger partial charge >= 0.3 is 0 Å². The molecular formula is C24H26N4. The highest BCUT2D eigenvalue weighted by Crippen LogP contribution is 2.34. The Morgan fingerprint density at radius 2 is 1.64 bits per heavy atom. The number of piperidine rings is 1. The molecule has 2 aliphatic heterocycles. The molecule has 0 amide bonds. The van der Waals surface area contributed by atoms with E-state index in [1.807, 2.05) is 12.3 Å². The molecule has 3 unspecified atom stereocenters. The number of aromatic nitrogens is 1. The summed E-state index contributed by atoms with van der Waals surface area (Å²) in [6.45, 7) is 3.14. The van der Waals surface area contributed by atoms with Gasteiger partial charge in [0, 0.05) is 37.8 Å². The minimum atomic E-state index is 0.348. The minimum absolute atomic E-state index is 0.348. The molecule has 2 saturated heterocycles. The summed E-state index contributed by atoms with van der Waals surface area (Å²) in [5, 5.41) is 0. The van der Waals surface area contributed by atoms with Gasteiger partial charge in [-0.05, 0) is 35.2 Å². The molecule has 4 heteroatoms. The van der Waals surface area contributed by atoms with Gasteiger partial charge in [0.1, 0.15) is 0 Å². The van der Waals surface area contributed by atoms with Crippen LogP contribution in [0.4, 0.5) is 0 Å². The van der Waals surface area contributed by atoms with E-state index in [0.29, 0.717) is 18.0 Å². The summed E-state index contributed by atoms with van der Waals surface area (Å²) < 4.78 is 0. The third-order valence-electron chi connectivity index (χ3n) is 6.08. The van der Waals surface area contributed by atoms with Crippen molar-refractivity contribution >= 4 is 0 Å². The summed E-state index contributed by atoms with van der Waals surface area (Å²) >= 11 is 0. The molecule has 3 heterocycles. The van der Waals surface area contributed by atoms with E-state index in [1.54, 1.807) is 0 Å². The van der Waals surface area contributed by atoms with Crippen LogP contribution in [-0.2, 0) is 6.54 Å². The number of rotatable bonds is 4. The molecule has 1 aromatic heterocycles. The Morgan fingerprint density at radius 3 is 2.43 bits per heavy atom. The molecular weight excluding hydrogens is 344 g/mol. The molecule has 3 atom stereocenters. The standard InChI is InChI=1S/C24H26N4/c1-2-6-18(7-3-1)19-9-11-20(12-10-19)24-22-17-28(15-13-23(22)26-27-24)16-21-8-4-5-14-25-21/h1-12,14,22-24,26-27H,13,15-17H2. The van der Waals surface area contributed by atoms with Crippen molar-refractivity contribution < 1.29 is 0 Å². The summed E-state index contributed by atoms with van der Waals surface area (Å²) in [6, 6.07) is 26.7. The Balaban J connectivity index is 1.30. The van der Waals surface area contributed by atoms with Crippen molar-refractivity contribution in [2.75, 3.05) is 13.1 Å². The Bertz CT molecular complexity index is 895. The van der Waals surface area contributed by atoms with Gasteiger partial charge in [-0.1, -0.05) is 60.7 Å². The van der Waals surface area contributed by atoms with Gasteiger partial charge in [0.25, 0.3) is 0 Å². The molecule has 3 aromatic rings. The number of nitrogens with one attached hydrogen (secondary N) is 2. The summed E-state index contributed by atoms with van der Waals surface area (Å²) in [6.07, 6.45) is 3.06. The second-order valence-corrected chi connectivity index (χ2v) is 7.87. The first-order valence-corrected chi connectivity index (χ1v) is 10.2. The fraction of sp³-hybridized carbons (Fsp3) is 0.292. The van der Waals surface area contributed by atoms with E-state index in [2.05, 4.69) is 87.5 Å². The number of benzene rings is 2. The van der Waals surface area contributed by atoms with Crippen molar-refractivity contribution in [3.63, 3.8) is 0 Å². The lowest BCUT2D eigenvalue weighted by atomic mass is 9.84. The van der Waals surface area contributed by atoms with Crippen molar-refractivity contribution in [2.24, 2.45) is 5.92 Å². The minimum Gasteiger partial charge on any atom is -0.297 e. The predicted octanol–water partition coefficient (Wildman–Crippen LogP) is 3.79. The normalized spacial score (nSPS) is 24.8. The van der Waals surface area contributed by atoms with E-state index in [4.69, 9.17) is 0 Å². The van der Waals surface area contributed by atoms with Crippen LogP contribution in [0.3, 0.4) is 0 Å². The van der Waals surface area contributed by atoms with Crippen molar-refractivity contribution in [1.29, 1.82) is 0 Å². The zero-order valence-electron chi connectivity index (χ0n) is 16.0. The molecule has 0 bridgehead atoms. The number of hydrogen-bond acceptors (Lipinski definition) is 4. The van der Waals surface area contributed by atoms with Crippen molar-refractivity contribution in [3.05, 3.63) is 90.3 Å². The molecule has 0 spiro atoms. The van der Waals surface area contributed by atoms with Gasteiger partial charge in [-0.3, -0.25) is 15.3 Å². The Hall–Kier alpha value is -2.53.